The molecule has 298 valence electrons. The van der Waals surface area contributed by atoms with Crippen molar-refractivity contribution < 1.29 is 42.0 Å². The number of ether oxygens (including phenoxy) is 5. The molecule has 0 unspecified atom stereocenters. The smallest absolute Gasteiger partial charge is 0.288 e. The number of fused-ring (bicyclic) bond motifs is 1. The minimum Gasteiger partial charge on any atom is -0.497 e. The normalized spacial score (nSPS) is 18.5. The number of piperazine rings is 1. The van der Waals surface area contributed by atoms with Gasteiger partial charge in [-0.1, -0.05) is 24.3 Å². The van der Waals surface area contributed by atoms with Gasteiger partial charge in [-0.25, -0.2) is 13.1 Å². The van der Waals surface area contributed by atoms with Crippen molar-refractivity contribution in [3.63, 3.8) is 0 Å². The third kappa shape index (κ3) is 8.20. The van der Waals surface area contributed by atoms with Crippen molar-refractivity contribution >= 4 is 15.9 Å². The third-order valence-electron chi connectivity index (χ3n) is 10.4. The molecule has 0 radical (unpaired) electrons. The second-order valence-electron chi connectivity index (χ2n) is 13.8. The lowest BCUT2D eigenvalue weighted by atomic mass is 9.93. The third-order valence-corrected chi connectivity index (χ3v) is 12.3. The zero-order valence-electron chi connectivity index (χ0n) is 31.7. The van der Waals surface area contributed by atoms with Crippen molar-refractivity contribution in [1.82, 2.24) is 23.5 Å². The van der Waals surface area contributed by atoms with E-state index >= 15 is 0 Å². The van der Waals surface area contributed by atoms with Crippen LogP contribution in [0.4, 0.5) is 0 Å². The molecule has 4 aromatic rings. The number of methoxy groups -OCH3 is 1. The Morgan fingerprint density at radius 1 is 0.964 bits per heavy atom. The molecule has 16 heteroatoms. The number of nitrogens with zero attached hydrogens (tertiary/aromatic N) is 5. The maximum absolute atomic E-state index is 14.1. The van der Waals surface area contributed by atoms with Crippen LogP contribution in [-0.4, -0.2) is 116 Å². The van der Waals surface area contributed by atoms with Gasteiger partial charge in [-0.15, -0.1) is 0 Å². The zero-order valence-corrected chi connectivity index (χ0v) is 32.5. The number of hydrogen-bond acceptors (Lipinski definition) is 11. The van der Waals surface area contributed by atoms with Crippen LogP contribution in [0.2, 0.25) is 0 Å². The van der Waals surface area contributed by atoms with Gasteiger partial charge in [0.15, 0.2) is 17.3 Å². The van der Waals surface area contributed by atoms with Gasteiger partial charge >= 0.3 is 0 Å². The molecule has 0 spiro atoms. The van der Waals surface area contributed by atoms with E-state index in [0.29, 0.717) is 49.7 Å². The summed E-state index contributed by atoms with van der Waals surface area (Å²) in [7, 11) is -0.677. The molecule has 7 rings (SSSR count). The summed E-state index contributed by atoms with van der Waals surface area (Å²) in [5.41, 5.74) is 2.81. The molecule has 1 saturated heterocycles. The second kappa shape index (κ2) is 16.9. The number of carbonyl (C=O) groups excluding carboxylic acids is 1. The second-order valence-corrected chi connectivity index (χ2v) is 15.8. The predicted molar refractivity (Wildman–Crippen MR) is 205 cm³/mol. The Balaban J connectivity index is 1.09. The number of aromatic nitrogens is 2. The van der Waals surface area contributed by atoms with Crippen LogP contribution in [0.1, 0.15) is 29.2 Å². The van der Waals surface area contributed by atoms with E-state index < -0.39 is 28.8 Å². The molecule has 0 aliphatic carbocycles. The molecular formula is C40H47N5O10S. The summed E-state index contributed by atoms with van der Waals surface area (Å²) in [6.07, 6.45) is 0.951. The van der Waals surface area contributed by atoms with Crippen molar-refractivity contribution in [2.24, 2.45) is 7.05 Å². The zero-order chi connectivity index (χ0) is 39.4. The molecule has 3 aromatic carbocycles. The van der Waals surface area contributed by atoms with Crippen LogP contribution in [0, 0.1) is 6.92 Å². The van der Waals surface area contributed by atoms with E-state index in [1.54, 1.807) is 32.5 Å². The molecule has 2 atom stereocenters. The van der Waals surface area contributed by atoms with Gasteiger partial charge in [0.05, 0.1) is 30.9 Å². The number of carbonyl (C=O) groups is 1. The molecule has 15 nitrogen and oxygen atoms in total. The Bertz CT molecular complexity index is 2210. The van der Waals surface area contributed by atoms with E-state index in [2.05, 4.69) is 4.90 Å². The minimum absolute atomic E-state index is 0.0433. The highest BCUT2D eigenvalue weighted by molar-refractivity contribution is 7.89. The van der Waals surface area contributed by atoms with Crippen LogP contribution in [-0.2, 0) is 37.9 Å². The molecule has 3 aliphatic heterocycles. The van der Waals surface area contributed by atoms with Crippen LogP contribution < -0.4 is 19.8 Å². The Labute approximate surface area is 325 Å². The molecule has 4 heterocycles. The number of para-hydroxylation sites is 1. The number of aliphatic hydroxyl groups excluding tert-OH is 1. The van der Waals surface area contributed by atoms with Gasteiger partial charge in [0.25, 0.3) is 11.5 Å². The van der Waals surface area contributed by atoms with Crippen LogP contribution in [0.5, 0.6) is 17.2 Å². The number of rotatable bonds is 14. The molecule has 0 bridgehead atoms. The standard InChI is InChI=1S/C40H47N5O10S/c1-28-38(40(48)45(41(28)2)31-7-5-4-6-8-31)30-24-36(39(47)43-17-15-42(16-18-43)26-29-9-14-34-35(23-29)54-27-53-34)55-37(25-30)52-22-20-44(19-21-46)56(49,50)33-12-10-32(51-3)11-13-33/h4-14,23-24,30,37,46H,15-22,25-27H2,1-3H3/t30-,37+/m0/s1. The molecule has 1 fully saturated rings. The van der Waals surface area contributed by atoms with E-state index in [1.807, 2.05) is 62.5 Å². The van der Waals surface area contributed by atoms with E-state index in [1.165, 1.54) is 19.2 Å². The summed E-state index contributed by atoms with van der Waals surface area (Å²) >= 11 is 0. The first-order chi connectivity index (χ1) is 27.1. The van der Waals surface area contributed by atoms with Crippen LogP contribution in [0.3, 0.4) is 0 Å². The minimum atomic E-state index is -3.99. The fourth-order valence-corrected chi connectivity index (χ4v) is 8.75. The van der Waals surface area contributed by atoms with Gasteiger partial charge in [-0.3, -0.25) is 19.2 Å². The SMILES string of the molecule is COc1ccc(S(=O)(=O)N(CCO)CCO[C@H]2C[C@@H](c3c(C)n(C)n(-c4ccccc4)c3=O)C=C(C(=O)N3CCN(Cc4ccc5c(c4)OCO5)CC3)O2)cc1. The largest absolute Gasteiger partial charge is 0.497 e. The van der Waals surface area contributed by atoms with E-state index in [9.17, 15) is 23.1 Å². The van der Waals surface area contributed by atoms with Crippen LogP contribution in [0.25, 0.3) is 5.69 Å². The summed E-state index contributed by atoms with van der Waals surface area (Å²) in [4.78, 5) is 32.3. The van der Waals surface area contributed by atoms with Crippen molar-refractivity contribution in [3.05, 3.63) is 112 Å². The summed E-state index contributed by atoms with van der Waals surface area (Å²) in [5, 5.41) is 9.75. The topological polar surface area (TPSA) is 154 Å². The first-order valence-corrected chi connectivity index (χ1v) is 20.0. The summed E-state index contributed by atoms with van der Waals surface area (Å²) in [5.74, 6) is 1.19. The summed E-state index contributed by atoms with van der Waals surface area (Å²) < 4.78 is 60.1. The fourth-order valence-electron chi connectivity index (χ4n) is 7.34. The number of allylic oxidation sites excluding steroid dienone is 1. The Hall–Kier alpha value is -5.13. The van der Waals surface area contributed by atoms with E-state index in [-0.39, 0.29) is 55.0 Å². The lowest BCUT2D eigenvalue weighted by Crippen LogP contribution is -2.49. The van der Waals surface area contributed by atoms with Gasteiger partial charge in [-0.2, -0.15) is 4.31 Å². The predicted octanol–water partition coefficient (Wildman–Crippen LogP) is 2.98. The molecule has 1 amide bonds. The molecule has 1 aromatic heterocycles. The van der Waals surface area contributed by atoms with Crippen LogP contribution >= 0.6 is 0 Å². The quantitative estimate of drug-likeness (QED) is 0.201. The number of sulfonamides is 1. The number of benzene rings is 3. The van der Waals surface area contributed by atoms with Gasteiger partial charge in [0.1, 0.15) is 5.75 Å². The van der Waals surface area contributed by atoms with Crippen molar-refractivity contribution in [2.45, 2.75) is 37.0 Å². The molecule has 1 N–H and O–H groups in total. The average molecular weight is 790 g/mol. The highest BCUT2D eigenvalue weighted by atomic mass is 32.2. The molecule has 0 saturated carbocycles. The van der Waals surface area contributed by atoms with Crippen molar-refractivity contribution in [2.75, 3.05) is 66.4 Å². The Morgan fingerprint density at radius 2 is 1.70 bits per heavy atom. The monoisotopic (exact) mass is 789 g/mol. The first kappa shape index (κ1) is 39.1. The summed E-state index contributed by atoms with van der Waals surface area (Å²) in [6.45, 7) is 4.23. The van der Waals surface area contributed by atoms with Gasteiger partial charge in [0.2, 0.25) is 23.1 Å². The lowest BCUT2D eigenvalue weighted by molar-refractivity contribution is -0.154. The number of aliphatic hydroxyl groups is 1. The Kier molecular flexibility index (Phi) is 11.8. The molecule has 3 aliphatic rings. The first-order valence-electron chi connectivity index (χ1n) is 18.6. The average Bonchev–Trinajstić information content (AvgIpc) is 3.77. The van der Waals surface area contributed by atoms with E-state index in [4.69, 9.17) is 23.7 Å². The fraction of sp³-hybridized carbons (Fsp3) is 0.400. The van der Waals surface area contributed by atoms with Crippen molar-refractivity contribution in [3.8, 4) is 22.9 Å². The van der Waals surface area contributed by atoms with E-state index in [0.717, 1.165) is 27.1 Å². The van der Waals surface area contributed by atoms with Gasteiger partial charge in [0, 0.05) is 76.5 Å². The van der Waals surface area contributed by atoms with Gasteiger partial charge in [-0.05, 0) is 67.1 Å². The maximum Gasteiger partial charge on any atom is 0.288 e. The highest BCUT2D eigenvalue weighted by Gasteiger charge is 2.36. The summed E-state index contributed by atoms with van der Waals surface area (Å²) in [6, 6.07) is 21.2. The highest BCUT2D eigenvalue weighted by Crippen LogP contribution is 2.34. The number of amides is 1. The molecular weight excluding hydrogens is 743 g/mol. The lowest BCUT2D eigenvalue weighted by Gasteiger charge is -2.36. The Morgan fingerprint density at radius 3 is 2.41 bits per heavy atom. The molecule has 56 heavy (non-hydrogen) atoms. The van der Waals surface area contributed by atoms with Gasteiger partial charge < -0.3 is 33.7 Å². The van der Waals surface area contributed by atoms with Crippen molar-refractivity contribution in [1.29, 1.82) is 0 Å². The van der Waals surface area contributed by atoms with Crippen LogP contribution in [0.15, 0.2) is 94.3 Å². The number of hydrogen-bond donors (Lipinski definition) is 1. The maximum atomic E-state index is 14.1.